The summed E-state index contributed by atoms with van der Waals surface area (Å²) in [5, 5.41) is 10.9. The van der Waals surface area contributed by atoms with Crippen LogP contribution in [0.1, 0.15) is 25.5 Å². The highest BCUT2D eigenvalue weighted by atomic mass is 16.5. The second-order valence-corrected chi connectivity index (χ2v) is 4.16. The Morgan fingerprint density at radius 3 is 2.62 bits per heavy atom. The quantitative estimate of drug-likeness (QED) is 0.853. The molecule has 0 radical (unpaired) electrons. The maximum Gasteiger partial charge on any atom is 0.280 e. The lowest BCUT2D eigenvalue weighted by Gasteiger charge is -2.01. The zero-order chi connectivity index (χ0) is 11.7. The van der Waals surface area contributed by atoms with Crippen molar-refractivity contribution in [3.8, 4) is 11.6 Å². The minimum atomic E-state index is 0.400. The van der Waals surface area contributed by atoms with Crippen LogP contribution in [-0.4, -0.2) is 34.4 Å². The van der Waals surface area contributed by atoms with E-state index < -0.39 is 0 Å². The SMILES string of the molecule is CC(C)c1cc(-c2nc(N(C)C)no2)n[nH]1. The zero-order valence-electron chi connectivity index (χ0n) is 9.85. The highest BCUT2D eigenvalue weighted by Crippen LogP contribution is 2.20. The summed E-state index contributed by atoms with van der Waals surface area (Å²) in [5.41, 5.74) is 1.74. The Labute approximate surface area is 93.7 Å². The lowest BCUT2D eigenvalue weighted by molar-refractivity contribution is 0.429. The van der Waals surface area contributed by atoms with Crippen molar-refractivity contribution in [2.24, 2.45) is 0 Å². The maximum absolute atomic E-state index is 5.12. The van der Waals surface area contributed by atoms with Gasteiger partial charge in [-0.25, -0.2) is 0 Å². The van der Waals surface area contributed by atoms with E-state index >= 15 is 0 Å². The first-order valence-electron chi connectivity index (χ1n) is 5.14. The van der Waals surface area contributed by atoms with Crippen LogP contribution in [0.15, 0.2) is 10.6 Å². The first-order chi connectivity index (χ1) is 7.58. The Kier molecular flexibility index (Phi) is 2.64. The lowest BCUT2D eigenvalue weighted by Crippen LogP contribution is -2.10. The summed E-state index contributed by atoms with van der Waals surface area (Å²) in [6, 6.07) is 1.93. The van der Waals surface area contributed by atoms with Crippen LogP contribution < -0.4 is 4.90 Å². The molecule has 2 rings (SSSR count). The summed E-state index contributed by atoms with van der Waals surface area (Å²) in [6.07, 6.45) is 0. The van der Waals surface area contributed by atoms with Gasteiger partial charge in [0.15, 0.2) is 5.69 Å². The van der Waals surface area contributed by atoms with Crippen LogP contribution in [0, 0.1) is 0 Å². The molecular weight excluding hydrogens is 206 g/mol. The number of hydrogen-bond donors (Lipinski definition) is 1. The largest absolute Gasteiger partial charge is 0.344 e. The van der Waals surface area contributed by atoms with Gasteiger partial charge in [0.05, 0.1) is 0 Å². The molecule has 0 bridgehead atoms. The van der Waals surface area contributed by atoms with Gasteiger partial charge in [0.25, 0.3) is 11.8 Å². The Morgan fingerprint density at radius 2 is 2.12 bits per heavy atom. The van der Waals surface area contributed by atoms with E-state index in [1.165, 1.54) is 0 Å². The van der Waals surface area contributed by atoms with Gasteiger partial charge in [-0.1, -0.05) is 13.8 Å². The van der Waals surface area contributed by atoms with Gasteiger partial charge in [-0.15, -0.1) is 0 Å². The molecular formula is C10H15N5O. The van der Waals surface area contributed by atoms with Gasteiger partial charge in [0, 0.05) is 19.8 Å². The number of hydrogen-bond acceptors (Lipinski definition) is 5. The third-order valence-corrected chi connectivity index (χ3v) is 2.25. The molecule has 0 atom stereocenters. The molecule has 6 heteroatoms. The molecule has 0 aliphatic rings. The van der Waals surface area contributed by atoms with Gasteiger partial charge in [0.1, 0.15) is 0 Å². The second-order valence-electron chi connectivity index (χ2n) is 4.16. The minimum Gasteiger partial charge on any atom is -0.344 e. The van der Waals surface area contributed by atoms with Gasteiger partial charge < -0.3 is 9.42 Å². The van der Waals surface area contributed by atoms with E-state index in [0.717, 1.165) is 5.69 Å². The normalized spacial score (nSPS) is 11.1. The number of aromatic nitrogens is 4. The molecule has 0 aliphatic heterocycles. The summed E-state index contributed by atoms with van der Waals surface area (Å²) >= 11 is 0. The zero-order valence-corrected chi connectivity index (χ0v) is 9.85. The highest BCUT2D eigenvalue weighted by Gasteiger charge is 2.14. The van der Waals surface area contributed by atoms with Crippen LogP contribution in [0.4, 0.5) is 5.95 Å². The second kappa shape index (κ2) is 3.96. The molecule has 1 N–H and O–H groups in total. The fourth-order valence-corrected chi connectivity index (χ4v) is 1.24. The number of anilines is 1. The van der Waals surface area contributed by atoms with Crippen LogP contribution in [0.25, 0.3) is 11.6 Å². The van der Waals surface area contributed by atoms with Crippen LogP contribution >= 0.6 is 0 Å². The molecule has 0 amide bonds. The molecule has 0 saturated heterocycles. The molecule has 2 aromatic rings. The van der Waals surface area contributed by atoms with Crippen molar-refractivity contribution >= 4 is 5.95 Å². The number of H-pyrrole nitrogens is 1. The summed E-state index contributed by atoms with van der Waals surface area (Å²) in [7, 11) is 3.72. The Hall–Kier alpha value is -1.85. The van der Waals surface area contributed by atoms with Crippen molar-refractivity contribution in [3.63, 3.8) is 0 Å². The van der Waals surface area contributed by atoms with Crippen LogP contribution in [0.2, 0.25) is 0 Å². The van der Waals surface area contributed by atoms with Crippen molar-refractivity contribution in [1.29, 1.82) is 0 Å². The fourth-order valence-electron chi connectivity index (χ4n) is 1.24. The van der Waals surface area contributed by atoms with Gasteiger partial charge in [-0.05, 0) is 17.1 Å². The van der Waals surface area contributed by atoms with Crippen molar-refractivity contribution < 1.29 is 4.52 Å². The summed E-state index contributed by atoms with van der Waals surface area (Å²) in [5.74, 6) is 1.38. The van der Waals surface area contributed by atoms with E-state index in [-0.39, 0.29) is 0 Å². The molecule has 0 spiro atoms. The van der Waals surface area contributed by atoms with E-state index in [1.807, 2.05) is 20.2 Å². The van der Waals surface area contributed by atoms with Crippen LogP contribution in [0.3, 0.4) is 0 Å². The molecule has 0 aliphatic carbocycles. The first kappa shape index (κ1) is 10.7. The number of nitrogens with one attached hydrogen (secondary N) is 1. The fraction of sp³-hybridized carbons (Fsp3) is 0.500. The molecule has 16 heavy (non-hydrogen) atoms. The molecule has 0 saturated carbocycles. The summed E-state index contributed by atoms with van der Waals surface area (Å²) in [6.45, 7) is 4.19. The molecule has 2 aromatic heterocycles. The smallest absolute Gasteiger partial charge is 0.280 e. The predicted octanol–water partition coefficient (Wildman–Crippen LogP) is 1.65. The van der Waals surface area contributed by atoms with Crippen molar-refractivity contribution in [2.45, 2.75) is 19.8 Å². The third-order valence-electron chi connectivity index (χ3n) is 2.25. The van der Waals surface area contributed by atoms with E-state index in [0.29, 0.717) is 23.5 Å². The molecule has 0 unspecified atom stereocenters. The topological polar surface area (TPSA) is 70.8 Å². The van der Waals surface area contributed by atoms with E-state index in [9.17, 15) is 0 Å². The number of rotatable bonds is 3. The predicted molar refractivity (Wildman–Crippen MR) is 60.3 cm³/mol. The van der Waals surface area contributed by atoms with E-state index in [4.69, 9.17) is 4.52 Å². The summed E-state index contributed by atoms with van der Waals surface area (Å²) < 4.78 is 5.12. The molecule has 2 heterocycles. The van der Waals surface area contributed by atoms with Gasteiger partial charge in [0.2, 0.25) is 0 Å². The molecule has 0 fully saturated rings. The van der Waals surface area contributed by atoms with Crippen LogP contribution in [-0.2, 0) is 0 Å². The Balaban J connectivity index is 2.28. The molecule has 86 valence electrons. The van der Waals surface area contributed by atoms with Crippen molar-refractivity contribution in [2.75, 3.05) is 19.0 Å². The Bertz CT molecular complexity index is 427. The minimum absolute atomic E-state index is 0.400. The first-order valence-corrected chi connectivity index (χ1v) is 5.14. The highest BCUT2D eigenvalue weighted by molar-refractivity contribution is 5.49. The number of nitrogens with zero attached hydrogens (tertiary/aromatic N) is 4. The summed E-state index contributed by atoms with van der Waals surface area (Å²) in [4.78, 5) is 6.00. The van der Waals surface area contributed by atoms with Gasteiger partial charge in [-0.2, -0.15) is 10.1 Å². The molecule has 6 nitrogen and oxygen atoms in total. The van der Waals surface area contributed by atoms with Crippen LogP contribution in [0.5, 0.6) is 0 Å². The number of aromatic amines is 1. The monoisotopic (exact) mass is 221 g/mol. The standard InChI is InChI=1S/C10H15N5O/c1-6(2)7-5-8(13-12-7)9-11-10(14-16-9)15(3)4/h5-6H,1-4H3,(H,12,13). The van der Waals surface area contributed by atoms with Crippen molar-refractivity contribution in [3.05, 3.63) is 11.8 Å². The Morgan fingerprint density at radius 1 is 1.38 bits per heavy atom. The van der Waals surface area contributed by atoms with E-state index in [2.05, 4.69) is 34.2 Å². The third kappa shape index (κ3) is 1.91. The van der Waals surface area contributed by atoms with Gasteiger partial charge >= 0.3 is 0 Å². The average Bonchev–Trinajstić information content (AvgIpc) is 2.86. The molecule has 0 aromatic carbocycles. The average molecular weight is 221 g/mol. The lowest BCUT2D eigenvalue weighted by atomic mass is 10.1. The van der Waals surface area contributed by atoms with Crippen molar-refractivity contribution in [1.82, 2.24) is 20.3 Å². The van der Waals surface area contributed by atoms with Gasteiger partial charge in [-0.3, -0.25) is 5.10 Å². The maximum atomic E-state index is 5.12. The van der Waals surface area contributed by atoms with E-state index in [1.54, 1.807) is 4.90 Å².